The first-order valence-electron chi connectivity index (χ1n) is 16.0. The summed E-state index contributed by atoms with van der Waals surface area (Å²) in [4.78, 5) is 0. The van der Waals surface area contributed by atoms with Crippen LogP contribution >= 0.6 is 12.4 Å². The molecule has 0 aromatic heterocycles. The van der Waals surface area contributed by atoms with Crippen molar-refractivity contribution in [2.24, 2.45) is 11.8 Å². The van der Waals surface area contributed by atoms with Gasteiger partial charge in [-0.1, -0.05) is 64.1 Å². The van der Waals surface area contributed by atoms with Gasteiger partial charge in [0.05, 0.1) is 0 Å². The predicted octanol–water partition coefficient (Wildman–Crippen LogP) is 5.19. The standard InChI is InChI=1S/C34H60N6.ClH/c1-29(2)25-37-18-8-14-35-16-10-20-39-27-31-22-32(24-34(23-31)33-12-6-5-7-13-33)28-40-21-11-17-36-15-9-19-38-26-30(3)4;/h5-7,12-13,22-24,29-30,35-40H,8-11,14-21,25-28H2,1-4H3;1H. The lowest BCUT2D eigenvalue weighted by Gasteiger charge is -2.13. The number of hydrogen-bond acceptors (Lipinski definition) is 6. The predicted molar refractivity (Wildman–Crippen MR) is 182 cm³/mol. The van der Waals surface area contributed by atoms with Gasteiger partial charge in [0.2, 0.25) is 0 Å². The molecular formula is C34H61ClN6. The van der Waals surface area contributed by atoms with Crippen LogP contribution in [0.15, 0.2) is 48.5 Å². The first-order valence-corrected chi connectivity index (χ1v) is 16.0. The molecule has 0 amide bonds. The summed E-state index contributed by atoms with van der Waals surface area (Å²) in [5.41, 5.74) is 5.30. The summed E-state index contributed by atoms with van der Waals surface area (Å²) in [5, 5.41) is 21.5. The van der Waals surface area contributed by atoms with Crippen LogP contribution in [-0.4, -0.2) is 65.4 Å². The van der Waals surface area contributed by atoms with Gasteiger partial charge in [-0.05, 0) is 137 Å². The molecule has 0 saturated heterocycles. The van der Waals surface area contributed by atoms with Crippen molar-refractivity contribution in [3.63, 3.8) is 0 Å². The molecule has 0 spiro atoms. The minimum absolute atomic E-state index is 0. The topological polar surface area (TPSA) is 72.2 Å². The summed E-state index contributed by atoms with van der Waals surface area (Å²) >= 11 is 0. The second-order valence-corrected chi connectivity index (χ2v) is 11.9. The molecule has 0 fully saturated rings. The van der Waals surface area contributed by atoms with E-state index in [-0.39, 0.29) is 12.4 Å². The average Bonchev–Trinajstić information content (AvgIpc) is 2.94. The van der Waals surface area contributed by atoms with E-state index in [0.29, 0.717) is 0 Å². The first kappa shape index (κ1) is 37.5. The van der Waals surface area contributed by atoms with Crippen LogP contribution < -0.4 is 31.9 Å². The normalized spacial score (nSPS) is 11.4. The highest BCUT2D eigenvalue weighted by molar-refractivity contribution is 5.85. The van der Waals surface area contributed by atoms with E-state index >= 15 is 0 Å². The molecule has 41 heavy (non-hydrogen) atoms. The Hall–Kier alpha value is -1.51. The van der Waals surface area contributed by atoms with Crippen LogP contribution in [0.4, 0.5) is 0 Å². The largest absolute Gasteiger partial charge is 0.317 e. The van der Waals surface area contributed by atoms with Crippen LogP contribution in [0.3, 0.4) is 0 Å². The number of nitrogens with one attached hydrogen (secondary N) is 6. The molecule has 0 aliphatic carbocycles. The van der Waals surface area contributed by atoms with Gasteiger partial charge in [0.25, 0.3) is 0 Å². The minimum Gasteiger partial charge on any atom is -0.317 e. The third-order valence-electron chi connectivity index (χ3n) is 6.75. The van der Waals surface area contributed by atoms with E-state index < -0.39 is 0 Å². The minimum atomic E-state index is 0. The number of halogens is 1. The van der Waals surface area contributed by atoms with Crippen molar-refractivity contribution >= 4 is 12.4 Å². The summed E-state index contributed by atoms with van der Waals surface area (Å²) in [7, 11) is 0. The monoisotopic (exact) mass is 588 g/mol. The Bertz CT molecular complexity index is 813. The third-order valence-corrected chi connectivity index (χ3v) is 6.75. The lowest BCUT2D eigenvalue weighted by Crippen LogP contribution is -2.26. The molecule has 2 aromatic carbocycles. The maximum Gasteiger partial charge on any atom is 0.0205 e. The quantitative estimate of drug-likeness (QED) is 0.0898. The fraction of sp³-hybridized carbons (Fsp3) is 0.647. The Morgan fingerprint density at radius 3 is 1.27 bits per heavy atom. The smallest absolute Gasteiger partial charge is 0.0205 e. The van der Waals surface area contributed by atoms with Crippen LogP contribution in [0, 0.1) is 11.8 Å². The van der Waals surface area contributed by atoms with Gasteiger partial charge >= 0.3 is 0 Å². The maximum atomic E-state index is 3.66. The molecule has 7 heteroatoms. The first-order chi connectivity index (χ1) is 19.5. The zero-order valence-electron chi connectivity index (χ0n) is 26.5. The fourth-order valence-corrected chi connectivity index (χ4v) is 4.61. The number of rotatable bonds is 25. The van der Waals surface area contributed by atoms with Crippen molar-refractivity contribution in [2.45, 2.75) is 66.5 Å². The Kier molecular flexibility index (Phi) is 22.9. The Morgan fingerprint density at radius 2 is 0.854 bits per heavy atom. The third kappa shape index (κ3) is 20.1. The molecule has 2 rings (SSSR count). The van der Waals surface area contributed by atoms with Gasteiger partial charge in [0.15, 0.2) is 0 Å². The molecule has 0 saturated carbocycles. The Labute approximate surface area is 258 Å². The van der Waals surface area contributed by atoms with Crippen LogP contribution in [0.25, 0.3) is 11.1 Å². The summed E-state index contributed by atoms with van der Waals surface area (Å²) < 4.78 is 0. The van der Waals surface area contributed by atoms with E-state index in [1.165, 1.54) is 35.1 Å². The van der Waals surface area contributed by atoms with Gasteiger partial charge in [0.1, 0.15) is 0 Å². The molecule has 2 aromatic rings. The number of benzene rings is 2. The highest BCUT2D eigenvalue weighted by atomic mass is 35.5. The zero-order chi connectivity index (χ0) is 28.7. The zero-order valence-corrected chi connectivity index (χ0v) is 27.3. The molecule has 6 nitrogen and oxygen atoms in total. The molecule has 0 aliphatic heterocycles. The van der Waals surface area contributed by atoms with Crippen LogP contribution in [-0.2, 0) is 13.1 Å². The van der Waals surface area contributed by atoms with E-state index in [0.717, 1.165) is 103 Å². The lowest BCUT2D eigenvalue weighted by molar-refractivity contribution is 0.524. The molecule has 0 unspecified atom stereocenters. The summed E-state index contributed by atoms with van der Waals surface area (Å²) in [6, 6.07) is 17.8. The van der Waals surface area contributed by atoms with Crippen molar-refractivity contribution in [3.8, 4) is 11.1 Å². The van der Waals surface area contributed by atoms with E-state index in [9.17, 15) is 0 Å². The molecule has 0 atom stereocenters. The summed E-state index contributed by atoms with van der Waals surface area (Å²) in [6.45, 7) is 21.6. The molecule has 0 heterocycles. The Balaban J connectivity index is 0.00000840. The molecule has 6 N–H and O–H groups in total. The number of hydrogen-bond donors (Lipinski definition) is 6. The molecule has 0 aliphatic rings. The van der Waals surface area contributed by atoms with Gasteiger partial charge < -0.3 is 31.9 Å². The van der Waals surface area contributed by atoms with Crippen LogP contribution in [0.1, 0.15) is 64.5 Å². The summed E-state index contributed by atoms with van der Waals surface area (Å²) in [5.74, 6) is 1.45. The molecule has 0 bridgehead atoms. The van der Waals surface area contributed by atoms with Gasteiger partial charge in [-0.2, -0.15) is 0 Å². The molecule has 0 radical (unpaired) electrons. The van der Waals surface area contributed by atoms with Crippen LogP contribution in [0.2, 0.25) is 0 Å². The van der Waals surface area contributed by atoms with Gasteiger partial charge in [-0.15, -0.1) is 12.4 Å². The van der Waals surface area contributed by atoms with E-state index in [1.54, 1.807) is 0 Å². The highest BCUT2D eigenvalue weighted by Gasteiger charge is 2.04. The second kappa shape index (κ2) is 25.0. The van der Waals surface area contributed by atoms with Crippen molar-refractivity contribution in [2.75, 3.05) is 65.4 Å². The van der Waals surface area contributed by atoms with E-state index in [2.05, 4.69) is 108 Å². The second-order valence-electron chi connectivity index (χ2n) is 11.9. The van der Waals surface area contributed by atoms with Crippen molar-refractivity contribution in [1.29, 1.82) is 0 Å². The fourth-order valence-electron chi connectivity index (χ4n) is 4.61. The lowest BCUT2D eigenvalue weighted by atomic mass is 9.99. The summed E-state index contributed by atoms with van der Waals surface area (Å²) in [6.07, 6.45) is 4.68. The van der Waals surface area contributed by atoms with Crippen molar-refractivity contribution in [1.82, 2.24) is 31.9 Å². The van der Waals surface area contributed by atoms with Gasteiger partial charge in [0, 0.05) is 13.1 Å². The van der Waals surface area contributed by atoms with Crippen LogP contribution in [0.5, 0.6) is 0 Å². The Morgan fingerprint density at radius 1 is 0.463 bits per heavy atom. The maximum absolute atomic E-state index is 3.66. The van der Waals surface area contributed by atoms with E-state index in [4.69, 9.17) is 0 Å². The molecule has 234 valence electrons. The van der Waals surface area contributed by atoms with Crippen molar-refractivity contribution < 1.29 is 0 Å². The van der Waals surface area contributed by atoms with Crippen molar-refractivity contribution in [3.05, 3.63) is 59.7 Å². The SMILES string of the molecule is CC(C)CNCCCNCCCNCc1cc(CNCCCNCCCNCC(C)C)cc(-c2ccccc2)c1.Cl. The highest BCUT2D eigenvalue weighted by Crippen LogP contribution is 2.22. The average molecular weight is 589 g/mol. The van der Waals surface area contributed by atoms with Gasteiger partial charge in [-0.3, -0.25) is 0 Å². The molecular weight excluding hydrogens is 528 g/mol. The van der Waals surface area contributed by atoms with Gasteiger partial charge in [-0.25, -0.2) is 0 Å². The van der Waals surface area contributed by atoms with E-state index in [1.807, 2.05) is 0 Å².